The third kappa shape index (κ3) is 3.93. The first kappa shape index (κ1) is 19.8. The molecule has 0 spiro atoms. The fourth-order valence-corrected chi connectivity index (χ4v) is 3.86. The second-order valence-corrected chi connectivity index (χ2v) is 8.15. The molecule has 2 aromatic rings. The number of alkyl halides is 3. The van der Waals surface area contributed by atoms with E-state index in [1.54, 1.807) is 4.90 Å². The van der Waals surface area contributed by atoms with Crippen molar-refractivity contribution in [3.63, 3.8) is 0 Å². The summed E-state index contributed by atoms with van der Waals surface area (Å²) in [6.45, 7) is 0.219. The number of piperidine rings is 1. The van der Waals surface area contributed by atoms with Crippen LogP contribution in [0.5, 0.6) is 0 Å². The van der Waals surface area contributed by atoms with Crippen molar-refractivity contribution < 1.29 is 22.8 Å². The molecule has 1 saturated carbocycles. The molecule has 9 nitrogen and oxygen atoms in total. The molecule has 12 heteroatoms. The highest BCUT2D eigenvalue weighted by Crippen LogP contribution is 2.35. The number of carbonyl (C=O) groups excluding carboxylic acids is 2. The summed E-state index contributed by atoms with van der Waals surface area (Å²) in [5.41, 5.74) is 1.14. The van der Waals surface area contributed by atoms with Gasteiger partial charge in [-0.25, -0.2) is 0 Å². The van der Waals surface area contributed by atoms with Crippen LogP contribution in [0.2, 0.25) is 0 Å². The van der Waals surface area contributed by atoms with Crippen LogP contribution in [0.1, 0.15) is 37.7 Å². The fourth-order valence-electron chi connectivity index (χ4n) is 3.86. The lowest BCUT2D eigenvalue weighted by Crippen LogP contribution is -2.42. The number of halogens is 3. The smallest absolute Gasteiger partial charge is 0.351 e. The molecule has 164 valence electrons. The van der Waals surface area contributed by atoms with Crippen LogP contribution >= 0.6 is 0 Å². The minimum absolute atomic E-state index is 0.0410. The maximum atomic E-state index is 13.3. The van der Waals surface area contributed by atoms with Crippen LogP contribution < -0.4 is 15.5 Å². The Hall–Kier alpha value is -3.18. The van der Waals surface area contributed by atoms with E-state index in [-0.39, 0.29) is 42.9 Å². The number of amides is 2. The molecule has 1 unspecified atom stereocenters. The molecular formula is C19H20F3N7O2. The number of carbonyl (C=O) groups is 2. The molecule has 1 aliphatic carbocycles. The van der Waals surface area contributed by atoms with E-state index < -0.39 is 18.0 Å². The topological polar surface area (TPSA) is 105 Å². The summed E-state index contributed by atoms with van der Waals surface area (Å²) in [7, 11) is 0. The Morgan fingerprint density at radius 1 is 1.19 bits per heavy atom. The Bertz CT molecular complexity index is 1090. The van der Waals surface area contributed by atoms with Crippen molar-refractivity contribution in [3.05, 3.63) is 17.3 Å². The third-order valence-corrected chi connectivity index (χ3v) is 5.69. The molecule has 31 heavy (non-hydrogen) atoms. The molecule has 2 N–H and O–H groups in total. The second-order valence-electron chi connectivity index (χ2n) is 8.15. The van der Waals surface area contributed by atoms with E-state index in [9.17, 15) is 22.8 Å². The van der Waals surface area contributed by atoms with Gasteiger partial charge in [0, 0.05) is 30.3 Å². The molecule has 2 aromatic heterocycles. The first-order valence-electron chi connectivity index (χ1n) is 10.2. The molecule has 4 heterocycles. The lowest BCUT2D eigenvalue weighted by molar-refractivity contribution is -0.176. The van der Waals surface area contributed by atoms with Crippen LogP contribution in [0.3, 0.4) is 0 Å². The van der Waals surface area contributed by atoms with E-state index in [4.69, 9.17) is 0 Å². The SMILES string of the molecule is O=C1C/C(=C\c2cnn3c(NC4CC4)nc(N4CCCC(C(F)(F)F)C4)nc23)C(=O)N1. The number of hydrogen-bond donors (Lipinski definition) is 2. The summed E-state index contributed by atoms with van der Waals surface area (Å²) < 4.78 is 41.3. The van der Waals surface area contributed by atoms with Gasteiger partial charge in [-0.2, -0.15) is 32.8 Å². The molecule has 2 saturated heterocycles. The van der Waals surface area contributed by atoms with Crippen LogP contribution in [0.25, 0.3) is 11.7 Å². The Kier molecular flexibility index (Phi) is 4.59. The molecule has 3 fully saturated rings. The Balaban J connectivity index is 1.55. The van der Waals surface area contributed by atoms with E-state index in [0.717, 1.165) is 12.8 Å². The number of fused-ring (bicyclic) bond motifs is 1. The van der Waals surface area contributed by atoms with Crippen molar-refractivity contribution in [2.24, 2.45) is 5.92 Å². The largest absolute Gasteiger partial charge is 0.393 e. The van der Waals surface area contributed by atoms with Crippen LogP contribution in [-0.2, 0) is 9.59 Å². The highest BCUT2D eigenvalue weighted by molar-refractivity contribution is 6.15. The van der Waals surface area contributed by atoms with Gasteiger partial charge in [0.15, 0.2) is 5.65 Å². The quantitative estimate of drug-likeness (QED) is 0.558. The van der Waals surface area contributed by atoms with Crippen molar-refractivity contribution in [3.8, 4) is 0 Å². The number of nitrogens with one attached hydrogen (secondary N) is 2. The van der Waals surface area contributed by atoms with Crippen LogP contribution in [0, 0.1) is 5.92 Å². The predicted octanol–water partition coefficient (Wildman–Crippen LogP) is 1.91. The van der Waals surface area contributed by atoms with Gasteiger partial charge in [-0.3, -0.25) is 14.9 Å². The van der Waals surface area contributed by atoms with Crippen LogP contribution in [0.15, 0.2) is 11.8 Å². The van der Waals surface area contributed by atoms with E-state index in [0.29, 0.717) is 30.1 Å². The van der Waals surface area contributed by atoms with Gasteiger partial charge in [-0.05, 0) is 31.8 Å². The van der Waals surface area contributed by atoms with Crippen molar-refractivity contribution in [2.75, 3.05) is 23.3 Å². The molecule has 1 atom stereocenters. The van der Waals surface area contributed by atoms with Gasteiger partial charge in [-0.1, -0.05) is 0 Å². The van der Waals surface area contributed by atoms with Gasteiger partial charge < -0.3 is 10.2 Å². The number of aromatic nitrogens is 4. The minimum Gasteiger partial charge on any atom is -0.351 e. The van der Waals surface area contributed by atoms with Gasteiger partial charge in [0.1, 0.15) is 0 Å². The molecule has 2 amide bonds. The summed E-state index contributed by atoms with van der Waals surface area (Å²) in [5.74, 6) is -1.70. The van der Waals surface area contributed by atoms with Crippen molar-refractivity contribution in [1.29, 1.82) is 0 Å². The lowest BCUT2D eigenvalue weighted by Gasteiger charge is -2.33. The maximum absolute atomic E-state index is 13.3. The highest BCUT2D eigenvalue weighted by atomic mass is 19.4. The van der Waals surface area contributed by atoms with Gasteiger partial charge in [0.25, 0.3) is 5.91 Å². The van der Waals surface area contributed by atoms with Gasteiger partial charge in [0.2, 0.25) is 17.8 Å². The first-order chi connectivity index (χ1) is 14.8. The monoisotopic (exact) mass is 435 g/mol. The Morgan fingerprint density at radius 2 is 2.00 bits per heavy atom. The predicted molar refractivity (Wildman–Crippen MR) is 104 cm³/mol. The number of hydrogen-bond acceptors (Lipinski definition) is 7. The fraction of sp³-hybridized carbons (Fsp3) is 0.526. The Labute approximate surface area is 174 Å². The molecule has 0 radical (unpaired) electrons. The van der Waals surface area contributed by atoms with E-state index >= 15 is 0 Å². The zero-order chi connectivity index (χ0) is 21.8. The Morgan fingerprint density at radius 3 is 2.68 bits per heavy atom. The number of anilines is 2. The van der Waals surface area contributed by atoms with E-state index in [2.05, 4.69) is 25.7 Å². The maximum Gasteiger partial charge on any atom is 0.393 e. The summed E-state index contributed by atoms with van der Waals surface area (Å²) in [6, 6.07) is 0.236. The van der Waals surface area contributed by atoms with Gasteiger partial charge >= 0.3 is 6.18 Å². The van der Waals surface area contributed by atoms with Crippen molar-refractivity contribution in [1.82, 2.24) is 24.9 Å². The number of nitrogens with zero attached hydrogens (tertiary/aromatic N) is 5. The molecule has 0 aromatic carbocycles. The molecular weight excluding hydrogens is 415 g/mol. The summed E-state index contributed by atoms with van der Waals surface area (Å²) >= 11 is 0. The van der Waals surface area contributed by atoms with Crippen LogP contribution in [0.4, 0.5) is 25.1 Å². The normalized spacial score (nSPS) is 23.6. The first-order valence-corrected chi connectivity index (χ1v) is 10.2. The summed E-state index contributed by atoms with van der Waals surface area (Å²) in [5, 5.41) is 9.77. The minimum atomic E-state index is -4.27. The standard InChI is InChI=1S/C19H20F3N7O2/c20-19(21,22)12-2-1-5-28(9-12)17-26-15-11(6-10-7-14(30)25-16(10)31)8-23-29(15)18(27-17)24-13-3-4-13/h6,8,12-13H,1-5,7,9H2,(H,24,26,27)(H,25,30,31)/b10-6+. The molecule has 5 rings (SSSR count). The third-order valence-electron chi connectivity index (χ3n) is 5.69. The van der Waals surface area contributed by atoms with Gasteiger partial charge in [-0.15, -0.1) is 0 Å². The highest BCUT2D eigenvalue weighted by Gasteiger charge is 2.42. The summed E-state index contributed by atoms with van der Waals surface area (Å²) in [4.78, 5) is 33.9. The molecule has 3 aliphatic rings. The zero-order valence-corrected chi connectivity index (χ0v) is 16.4. The molecule has 0 bridgehead atoms. The average molecular weight is 435 g/mol. The average Bonchev–Trinajstić information content (AvgIpc) is 3.35. The van der Waals surface area contributed by atoms with Crippen LogP contribution in [-0.4, -0.2) is 56.7 Å². The lowest BCUT2D eigenvalue weighted by atomic mass is 9.98. The summed E-state index contributed by atoms with van der Waals surface area (Å²) in [6.07, 6.45) is 1.15. The van der Waals surface area contributed by atoms with E-state index in [1.807, 2.05) is 0 Å². The van der Waals surface area contributed by atoms with E-state index in [1.165, 1.54) is 16.8 Å². The molecule has 2 aliphatic heterocycles. The second kappa shape index (κ2) is 7.20. The van der Waals surface area contributed by atoms with Gasteiger partial charge in [0.05, 0.1) is 18.5 Å². The zero-order valence-electron chi connectivity index (χ0n) is 16.4. The number of imide groups is 1. The van der Waals surface area contributed by atoms with Crippen molar-refractivity contribution in [2.45, 2.75) is 44.3 Å². The number of rotatable bonds is 4. The van der Waals surface area contributed by atoms with Crippen molar-refractivity contribution >= 4 is 35.4 Å².